The van der Waals surface area contributed by atoms with Crippen molar-refractivity contribution in [3.63, 3.8) is 0 Å². The fourth-order valence-corrected chi connectivity index (χ4v) is 3.66. The van der Waals surface area contributed by atoms with Crippen molar-refractivity contribution in [3.05, 3.63) is 52.4 Å². The van der Waals surface area contributed by atoms with Crippen LogP contribution in [0, 0.1) is 12.7 Å². The molecule has 1 N–H and O–H groups in total. The number of hydrogen-bond donors (Lipinski definition) is 1. The van der Waals surface area contributed by atoms with Crippen LogP contribution in [-0.4, -0.2) is 31.4 Å². The average Bonchev–Trinajstić information content (AvgIpc) is 3.28. The molecular weight excluding hydrogens is 337 g/mol. The highest BCUT2D eigenvalue weighted by Gasteiger charge is 2.41. The molecule has 4 rings (SSSR count). The molecule has 1 atom stereocenters. The maximum Gasteiger partial charge on any atom is 0.332 e. The fourth-order valence-electron chi connectivity index (χ4n) is 3.66. The number of hydrogen-bond acceptors (Lipinski definition) is 3. The smallest absolute Gasteiger partial charge is 0.332 e. The number of fused-ring (bicyclic) bond motifs is 2. The predicted molar refractivity (Wildman–Crippen MR) is 93.3 cm³/mol. The number of halogens is 1. The Hall–Kier alpha value is -2.70. The van der Waals surface area contributed by atoms with Gasteiger partial charge in [0.25, 0.3) is 5.91 Å². The Morgan fingerprint density at radius 2 is 2.08 bits per heavy atom. The number of benzene rings is 1. The number of carboxylic acids is 1. The minimum Gasteiger partial charge on any atom is -0.479 e. The number of carboxylic acid groups (broad SMARTS) is 1. The Morgan fingerprint density at radius 3 is 2.77 bits per heavy atom. The number of carbonyl (C=O) groups is 2. The SMILES string of the molecule is CC.Cc1cc(F)c2c(c1)C(=O)N(C(C(=O)O)c1ncn3c1CCC3)C2. The molecule has 1 amide bonds. The minimum absolute atomic E-state index is 0.0520. The number of aryl methyl sites for hydroxylation is 2. The first kappa shape index (κ1) is 18.1. The molecule has 3 heterocycles. The van der Waals surface area contributed by atoms with Crippen molar-refractivity contribution in [1.29, 1.82) is 0 Å². The van der Waals surface area contributed by atoms with Gasteiger partial charge in [-0.25, -0.2) is 14.2 Å². The first-order valence-electron chi connectivity index (χ1n) is 8.84. The maximum atomic E-state index is 14.2. The number of rotatable bonds is 3. The summed E-state index contributed by atoms with van der Waals surface area (Å²) in [4.78, 5) is 30.0. The molecule has 2 aromatic rings. The fraction of sp³-hybridized carbons (Fsp3) is 0.421. The largest absolute Gasteiger partial charge is 0.479 e. The zero-order valence-electron chi connectivity index (χ0n) is 15.1. The van der Waals surface area contributed by atoms with Crippen LogP contribution in [0.2, 0.25) is 0 Å². The summed E-state index contributed by atoms with van der Waals surface area (Å²) in [5, 5.41) is 9.72. The van der Waals surface area contributed by atoms with Crippen molar-refractivity contribution >= 4 is 11.9 Å². The summed E-state index contributed by atoms with van der Waals surface area (Å²) in [6, 6.07) is 1.77. The first-order chi connectivity index (χ1) is 12.5. The van der Waals surface area contributed by atoms with Crippen LogP contribution < -0.4 is 0 Å². The van der Waals surface area contributed by atoms with Gasteiger partial charge in [-0.2, -0.15) is 0 Å². The topological polar surface area (TPSA) is 75.4 Å². The molecular formula is C19H22FN3O3. The summed E-state index contributed by atoms with van der Waals surface area (Å²) in [6.07, 6.45) is 3.28. The molecule has 0 radical (unpaired) electrons. The monoisotopic (exact) mass is 359 g/mol. The highest BCUT2D eigenvalue weighted by atomic mass is 19.1. The van der Waals surface area contributed by atoms with Crippen LogP contribution in [0.1, 0.15) is 59.2 Å². The van der Waals surface area contributed by atoms with Gasteiger partial charge < -0.3 is 14.6 Å². The van der Waals surface area contributed by atoms with E-state index in [9.17, 15) is 19.1 Å². The second kappa shape index (κ2) is 6.90. The Kier molecular flexibility index (Phi) is 4.80. The summed E-state index contributed by atoms with van der Waals surface area (Å²) >= 11 is 0. The van der Waals surface area contributed by atoms with Crippen LogP contribution in [0.4, 0.5) is 4.39 Å². The van der Waals surface area contributed by atoms with E-state index in [1.165, 1.54) is 11.0 Å². The molecule has 0 aliphatic carbocycles. The van der Waals surface area contributed by atoms with Crippen LogP contribution in [0.3, 0.4) is 0 Å². The summed E-state index contributed by atoms with van der Waals surface area (Å²) in [6.45, 7) is 6.45. The van der Waals surface area contributed by atoms with Gasteiger partial charge in [0.1, 0.15) is 5.82 Å². The number of aliphatic carboxylic acids is 1. The summed E-state index contributed by atoms with van der Waals surface area (Å²) in [7, 11) is 0. The van der Waals surface area contributed by atoms with Gasteiger partial charge in [0.15, 0.2) is 6.04 Å². The number of carbonyl (C=O) groups excluding carboxylic acids is 1. The lowest BCUT2D eigenvalue weighted by atomic mass is 10.1. The number of aromatic nitrogens is 2. The van der Waals surface area contributed by atoms with E-state index < -0.39 is 23.7 Å². The van der Waals surface area contributed by atoms with E-state index in [0.29, 0.717) is 11.3 Å². The lowest BCUT2D eigenvalue weighted by Gasteiger charge is -2.23. The molecule has 0 saturated carbocycles. The Bertz CT molecular complexity index is 875. The zero-order chi connectivity index (χ0) is 19.0. The van der Waals surface area contributed by atoms with Crippen molar-refractivity contribution in [2.24, 2.45) is 0 Å². The lowest BCUT2D eigenvalue weighted by Crippen LogP contribution is -2.35. The van der Waals surface area contributed by atoms with Crippen LogP contribution in [0.15, 0.2) is 18.5 Å². The van der Waals surface area contributed by atoms with Crippen LogP contribution >= 0.6 is 0 Å². The number of nitrogens with zero attached hydrogens (tertiary/aromatic N) is 3. The third kappa shape index (κ3) is 2.77. The van der Waals surface area contributed by atoms with Gasteiger partial charge in [-0.3, -0.25) is 4.79 Å². The van der Waals surface area contributed by atoms with Crippen LogP contribution in [-0.2, 0) is 24.3 Å². The van der Waals surface area contributed by atoms with Crippen molar-refractivity contribution in [2.45, 2.75) is 52.7 Å². The predicted octanol–water partition coefficient (Wildman–Crippen LogP) is 3.08. The van der Waals surface area contributed by atoms with Gasteiger partial charge in [0, 0.05) is 23.4 Å². The van der Waals surface area contributed by atoms with E-state index >= 15 is 0 Å². The molecule has 6 nitrogen and oxygen atoms in total. The van der Waals surface area contributed by atoms with E-state index in [1.807, 2.05) is 18.4 Å². The number of amides is 1. The molecule has 0 bridgehead atoms. The Balaban J connectivity index is 0.000000948. The summed E-state index contributed by atoms with van der Waals surface area (Å²) in [5.74, 6) is -2.08. The van der Waals surface area contributed by atoms with Crippen LogP contribution in [0.25, 0.3) is 0 Å². The van der Waals surface area contributed by atoms with E-state index in [1.54, 1.807) is 19.3 Å². The molecule has 7 heteroatoms. The molecule has 1 unspecified atom stereocenters. The Morgan fingerprint density at radius 1 is 1.35 bits per heavy atom. The zero-order valence-corrected chi connectivity index (χ0v) is 15.1. The van der Waals surface area contributed by atoms with Gasteiger partial charge in [0.05, 0.1) is 18.6 Å². The Labute approximate surface area is 151 Å². The molecule has 0 spiro atoms. The van der Waals surface area contributed by atoms with Gasteiger partial charge in [-0.05, 0) is 37.5 Å². The molecule has 1 aromatic carbocycles. The minimum atomic E-state index is -1.20. The molecule has 26 heavy (non-hydrogen) atoms. The molecule has 0 fully saturated rings. The van der Waals surface area contributed by atoms with Crippen LogP contribution in [0.5, 0.6) is 0 Å². The molecule has 138 valence electrons. The van der Waals surface area contributed by atoms with E-state index in [2.05, 4.69) is 4.98 Å². The van der Waals surface area contributed by atoms with Gasteiger partial charge in [0.2, 0.25) is 0 Å². The third-order valence-electron chi connectivity index (χ3n) is 4.76. The third-order valence-corrected chi connectivity index (χ3v) is 4.76. The number of imidazole rings is 1. The van der Waals surface area contributed by atoms with Crippen molar-refractivity contribution < 1.29 is 19.1 Å². The van der Waals surface area contributed by atoms with E-state index in [4.69, 9.17) is 0 Å². The molecule has 2 aliphatic heterocycles. The summed E-state index contributed by atoms with van der Waals surface area (Å²) < 4.78 is 16.1. The normalized spacial score (nSPS) is 16.0. The van der Waals surface area contributed by atoms with Crippen molar-refractivity contribution in [2.75, 3.05) is 0 Å². The van der Waals surface area contributed by atoms with E-state index in [0.717, 1.165) is 25.1 Å². The van der Waals surface area contributed by atoms with Crippen molar-refractivity contribution in [1.82, 2.24) is 14.5 Å². The average molecular weight is 359 g/mol. The first-order valence-corrected chi connectivity index (χ1v) is 8.84. The van der Waals surface area contributed by atoms with Gasteiger partial charge in [-0.1, -0.05) is 13.8 Å². The molecule has 0 saturated heterocycles. The lowest BCUT2D eigenvalue weighted by molar-refractivity contribution is -0.142. The summed E-state index contributed by atoms with van der Waals surface area (Å²) in [5.41, 5.74) is 2.37. The van der Waals surface area contributed by atoms with Gasteiger partial charge in [-0.15, -0.1) is 0 Å². The standard InChI is InChI=1S/C17H16FN3O3.C2H6/c1-9-5-10-11(12(18)6-9)7-21(16(10)22)15(17(23)24)14-13-3-2-4-20(13)8-19-14;1-2/h5-6,8,15H,2-4,7H2,1H3,(H,23,24);1-2H3. The highest BCUT2D eigenvalue weighted by Crippen LogP contribution is 2.35. The second-order valence-corrected chi connectivity index (χ2v) is 6.32. The van der Waals surface area contributed by atoms with Gasteiger partial charge >= 0.3 is 5.97 Å². The second-order valence-electron chi connectivity index (χ2n) is 6.32. The maximum absolute atomic E-state index is 14.2. The molecule has 1 aromatic heterocycles. The highest BCUT2D eigenvalue weighted by molar-refractivity contribution is 6.00. The molecule has 2 aliphatic rings. The quantitative estimate of drug-likeness (QED) is 0.914. The van der Waals surface area contributed by atoms with Crippen molar-refractivity contribution in [3.8, 4) is 0 Å². The van der Waals surface area contributed by atoms with E-state index in [-0.39, 0.29) is 17.7 Å².